The fourth-order valence-electron chi connectivity index (χ4n) is 1.40. The lowest BCUT2D eigenvalue weighted by atomic mass is 10.2. The highest BCUT2D eigenvalue weighted by molar-refractivity contribution is 14.1. The van der Waals surface area contributed by atoms with Gasteiger partial charge in [0.05, 0.1) is 10.7 Å². The molecule has 82 valence electrons. The van der Waals surface area contributed by atoms with Gasteiger partial charge in [0.25, 0.3) is 0 Å². The molecule has 0 bridgehead atoms. The van der Waals surface area contributed by atoms with Crippen LogP contribution in [0, 0.1) is 3.57 Å². The van der Waals surface area contributed by atoms with Gasteiger partial charge in [-0.3, -0.25) is 0 Å². The van der Waals surface area contributed by atoms with Gasteiger partial charge in [-0.05, 0) is 52.4 Å². The van der Waals surface area contributed by atoms with Crippen molar-refractivity contribution in [3.63, 3.8) is 0 Å². The molecule has 0 aliphatic carbocycles. The summed E-state index contributed by atoms with van der Waals surface area (Å²) < 4.78 is 1.25. The van der Waals surface area contributed by atoms with E-state index in [-0.39, 0.29) is 0 Å². The maximum absolute atomic E-state index is 6.05. The molecule has 0 unspecified atom stereocenters. The first-order valence-corrected chi connectivity index (χ1v) is 6.44. The summed E-state index contributed by atoms with van der Waals surface area (Å²) in [4.78, 5) is 0. The van der Waals surface area contributed by atoms with E-state index in [0.29, 0.717) is 0 Å². The number of nitrogens with one attached hydrogen (secondary N) is 1. The van der Waals surface area contributed by atoms with Gasteiger partial charge in [0.15, 0.2) is 0 Å². The van der Waals surface area contributed by atoms with Crippen LogP contribution in [0.5, 0.6) is 0 Å². The van der Waals surface area contributed by atoms with Crippen LogP contribution >= 0.6 is 34.2 Å². The number of hydrogen-bond acceptors (Lipinski definition) is 1. The predicted octanol–water partition coefficient (Wildman–Crippen LogP) is 4.56. The Hall–Kier alpha value is -0.740. The molecule has 0 aliphatic heterocycles. The molecule has 0 aromatic heterocycles. The van der Waals surface area contributed by atoms with Crippen LogP contribution in [0.2, 0.25) is 5.02 Å². The van der Waals surface area contributed by atoms with E-state index in [0.717, 1.165) is 17.3 Å². The van der Waals surface area contributed by atoms with E-state index < -0.39 is 0 Å². The molecular formula is C13H11ClIN. The van der Waals surface area contributed by atoms with E-state index in [1.165, 1.54) is 9.13 Å². The molecule has 2 aromatic rings. The molecule has 0 saturated carbocycles. The molecule has 0 fully saturated rings. The SMILES string of the molecule is Clc1ccccc1NCc1ccc(I)cc1. The molecule has 0 aliphatic rings. The molecule has 0 spiro atoms. The molecule has 0 atom stereocenters. The zero-order valence-electron chi connectivity index (χ0n) is 8.58. The van der Waals surface area contributed by atoms with Gasteiger partial charge in [-0.1, -0.05) is 35.9 Å². The molecular weight excluding hydrogens is 333 g/mol. The monoisotopic (exact) mass is 343 g/mol. The number of para-hydroxylation sites is 1. The number of rotatable bonds is 3. The minimum atomic E-state index is 0.757. The first kappa shape index (κ1) is 11.7. The summed E-state index contributed by atoms with van der Waals surface area (Å²) >= 11 is 8.35. The third kappa shape index (κ3) is 3.12. The topological polar surface area (TPSA) is 12.0 Å². The molecule has 1 nitrogen and oxygen atoms in total. The molecule has 0 heterocycles. The lowest BCUT2D eigenvalue weighted by Crippen LogP contribution is -1.99. The summed E-state index contributed by atoms with van der Waals surface area (Å²) in [7, 11) is 0. The van der Waals surface area contributed by atoms with Gasteiger partial charge < -0.3 is 5.32 Å². The van der Waals surface area contributed by atoms with Crippen molar-refractivity contribution in [1.82, 2.24) is 0 Å². The van der Waals surface area contributed by atoms with Crippen LogP contribution in [0.1, 0.15) is 5.56 Å². The van der Waals surface area contributed by atoms with Crippen LogP contribution in [0.4, 0.5) is 5.69 Å². The highest BCUT2D eigenvalue weighted by atomic mass is 127. The van der Waals surface area contributed by atoms with Crippen molar-refractivity contribution in [2.75, 3.05) is 5.32 Å². The Balaban J connectivity index is 2.02. The Morgan fingerprint density at radius 1 is 1.00 bits per heavy atom. The largest absolute Gasteiger partial charge is 0.380 e. The maximum Gasteiger partial charge on any atom is 0.0637 e. The summed E-state index contributed by atoms with van der Waals surface area (Å²) in [6, 6.07) is 16.2. The van der Waals surface area contributed by atoms with E-state index in [1.54, 1.807) is 0 Å². The second-order valence-corrected chi connectivity index (χ2v) is 5.11. The lowest BCUT2D eigenvalue weighted by molar-refractivity contribution is 1.15. The molecule has 2 rings (SSSR count). The minimum absolute atomic E-state index is 0.757. The van der Waals surface area contributed by atoms with Gasteiger partial charge in [0.2, 0.25) is 0 Å². The normalized spacial score (nSPS) is 10.1. The van der Waals surface area contributed by atoms with Gasteiger partial charge in [-0.25, -0.2) is 0 Å². The van der Waals surface area contributed by atoms with Crippen LogP contribution in [-0.2, 0) is 6.54 Å². The summed E-state index contributed by atoms with van der Waals surface area (Å²) in [5, 5.41) is 4.07. The molecule has 3 heteroatoms. The molecule has 2 aromatic carbocycles. The quantitative estimate of drug-likeness (QED) is 0.806. The smallest absolute Gasteiger partial charge is 0.0637 e. The summed E-state index contributed by atoms with van der Waals surface area (Å²) in [6.07, 6.45) is 0. The molecule has 0 amide bonds. The maximum atomic E-state index is 6.05. The molecule has 16 heavy (non-hydrogen) atoms. The van der Waals surface area contributed by atoms with Crippen LogP contribution in [0.15, 0.2) is 48.5 Å². The van der Waals surface area contributed by atoms with E-state index >= 15 is 0 Å². The fourth-order valence-corrected chi connectivity index (χ4v) is 1.97. The number of anilines is 1. The molecule has 0 radical (unpaired) electrons. The predicted molar refractivity (Wildman–Crippen MR) is 77.9 cm³/mol. The Morgan fingerprint density at radius 2 is 1.69 bits per heavy atom. The summed E-state index contributed by atoms with van der Waals surface area (Å²) in [6.45, 7) is 0.792. The third-order valence-electron chi connectivity index (χ3n) is 2.27. The van der Waals surface area contributed by atoms with Crippen molar-refractivity contribution < 1.29 is 0 Å². The van der Waals surface area contributed by atoms with Gasteiger partial charge in [-0.15, -0.1) is 0 Å². The average Bonchev–Trinajstić information content (AvgIpc) is 2.30. The van der Waals surface area contributed by atoms with Crippen LogP contribution < -0.4 is 5.32 Å². The van der Waals surface area contributed by atoms with Gasteiger partial charge in [0, 0.05) is 10.1 Å². The first-order valence-electron chi connectivity index (χ1n) is 4.98. The summed E-state index contributed by atoms with van der Waals surface area (Å²) in [5.41, 5.74) is 2.23. The highest BCUT2D eigenvalue weighted by Gasteiger charge is 1.98. The van der Waals surface area contributed by atoms with Gasteiger partial charge >= 0.3 is 0 Å². The molecule has 0 saturated heterocycles. The van der Waals surface area contributed by atoms with Crippen molar-refractivity contribution in [2.24, 2.45) is 0 Å². The van der Waals surface area contributed by atoms with Crippen LogP contribution in [0.3, 0.4) is 0 Å². The van der Waals surface area contributed by atoms with E-state index in [9.17, 15) is 0 Å². The third-order valence-corrected chi connectivity index (χ3v) is 3.32. The fraction of sp³-hybridized carbons (Fsp3) is 0.0769. The average molecular weight is 344 g/mol. The standard InChI is InChI=1S/C13H11ClIN/c14-12-3-1-2-4-13(12)16-9-10-5-7-11(15)8-6-10/h1-8,16H,9H2. The van der Waals surface area contributed by atoms with E-state index in [1.807, 2.05) is 24.3 Å². The van der Waals surface area contributed by atoms with Gasteiger partial charge in [-0.2, -0.15) is 0 Å². The zero-order chi connectivity index (χ0) is 11.4. The van der Waals surface area contributed by atoms with E-state index in [4.69, 9.17) is 11.6 Å². The Bertz CT molecular complexity index is 468. The second-order valence-electron chi connectivity index (χ2n) is 3.46. The van der Waals surface area contributed by atoms with Crippen molar-refractivity contribution in [3.05, 3.63) is 62.7 Å². The van der Waals surface area contributed by atoms with Crippen LogP contribution in [-0.4, -0.2) is 0 Å². The Morgan fingerprint density at radius 3 is 2.38 bits per heavy atom. The number of halogens is 2. The van der Waals surface area contributed by atoms with Crippen molar-refractivity contribution in [1.29, 1.82) is 0 Å². The van der Waals surface area contributed by atoms with Crippen molar-refractivity contribution >= 4 is 39.9 Å². The minimum Gasteiger partial charge on any atom is -0.380 e. The van der Waals surface area contributed by atoms with Crippen molar-refractivity contribution in [2.45, 2.75) is 6.54 Å². The zero-order valence-corrected chi connectivity index (χ0v) is 11.5. The number of hydrogen-bond donors (Lipinski definition) is 1. The highest BCUT2D eigenvalue weighted by Crippen LogP contribution is 2.21. The molecule has 1 N–H and O–H groups in total. The van der Waals surface area contributed by atoms with Crippen LogP contribution in [0.25, 0.3) is 0 Å². The lowest BCUT2D eigenvalue weighted by Gasteiger charge is -2.08. The Kier molecular flexibility index (Phi) is 4.07. The van der Waals surface area contributed by atoms with E-state index in [2.05, 4.69) is 52.2 Å². The number of benzene rings is 2. The second kappa shape index (κ2) is 5.55. The van der Waals surface area contributed by atoms with Gasteiger partial charge in [0.1, 0.15) is 0 Å². The first-order chi connectivity index (χ1) is 7.75. The summed E-state index contributed by atoms with van der Waals surface area (Å²) in [5.74, 6) is 0. The Labute approximate surface area is 114 Å². The van der Waals surface area contributed by atoms with Crippen molar-refractivity contribution in [3.8, 4) is 0 Å².